The van der Waals surface area contributed by atoms with E-state index in [2.05, 4.69) is 22.1 Å². The summed E-state index contributed by atoms with van der Waals surface area (Å²) in [5.41, 5.74) is 8.01. The van der Waals surface area contributed by atoms with Crippen LogP contribution < -0.4 is 11.1 Å². The van der Waals surface area contributed by atoms with Gasteiger partial charge in [-0.3, -0.25) is 4.79 Å². The molecule has 0 spiro atoms. The van der Waals surface area contributed by atoms with Crippen LogP contribution in [0.1, 0.15) is 45.1 Å². The Morgan fingerprint density at radius 1 is 1.29 bits per heavy atom. The number of amides is 1. The Balaban J connectivity index is 0.00000288. The Kier molecular flexibility index (Phi) is 9.10. The topological polar surface area (TPSA) is 70.7 Å². The highest BCUT2D eigenvalue weighted by molar-refractivity contribution is 14.0. The number of nitrogens with zero attached hydrogens (tertiary/aromatic N) is 2. The van der Waals surface area contributed by atoms with Gasteiger partial charge in [0.15, 0.2) is 5.96 Å². The van der Waals surface area contributed by atoms with Crippen molar-refractivity contribution in [1.29, 1.82) is 0 Å². The lowest BCUT2D eigenvalue weighted by Crippen LogP contribution is -2.42. The summed E-state index contributed by atoms with van der Waals surface area (Å²) in [6, 6.07) is 7.79. The first-order valence-electron chi connectivity index (χ1n) is 8.52. The molecule has 0 atom stereocenters. The lowest BCUT2D eigenvalue weighted by molar-refractivity contribution is -0.116. The summed E-state index contributed by atoms with van der Waals surface area (Å²) in [6.45, 7) is 6.85. The van der Waals surface area contributed by atoms with E-state index in [9.17, 15) is 4.79 Å². The molecule has 5 nitrogen and oxygen atoms in total. The van der Waals surface area contributed by atoms with Crippen LogP contribution in [0.5, 0.6) is 0 Å². The third-order valence-electron chi connectivity index (χ3n) is 4.25. The monoisotopic (exact) mass is 444 g/mol. The molecule has 0 saturated carbocycles. The van der Waals surface area contributed by atoms with E-state index in [1.165, 1.54) is 12.8 Å². The van der Waals surface area contributed by atoms with E-state index < -0.39 is 0 Å². The maximum absolute atomic E-state index is 11.6. The van der Waals surface area contributed by atoms with E-state index in [4.69, 9.17) is 5.73 Å². The van der Waals surface area contributed by atoms with E-state index in [1.54, 1.807) is 0 Å². The number of benzene rings is 1. The van der Waals surface area contributed by atoms with Crippen LogP contribution in [0.2, 0.25) is 0 Å². The van der Waals surface area contributed by atoms with Crippen molar-refractivity contribution in [3.63, 3.8) is 0 Å². The molecule has 6 heteroatoms. The van der Waals surface area contributed by atoms with E-state index in [-0.39, 0.29) is 29.9 Å². The summed E-state index contributed by atoms with van der Waals surface area (Å²) < 4.78 is 0. The number of carbonyl (C=O) groups is 1. The smallest absolute Gasteiger partial charge is 0.224 e. The van der Waals surface area contributed by atoms with Crippen LogP contribution >= 0.6 is 24.0 Å². The molecule has 24 heavy (non-hydrogen) atoms. The lowest BCUT2D eigenvalue weighted by atomic mass is 10.00. The van der Waals surface area contributed by atoms with Crippen molar-refractivity contribution in [2.45, 2.75) is 46.1 Å². The number of anilines is 1. The third-order valence-corrected chi connectivity index (χ3v) is 4.25. The van der Waals surface area contributed by atoms with Gasteiger partial charge in [0.05, 0.1) is 6.54 Å². The average molecular weight is 444 g/mol. The van der Waals surface area contributed by atoms with Crippen molar-refractivity contribution in [2.24, 2.45) is 16.6 Å². The number of hydrogen-bond acceptors (Lipinski definition) is 2. The average Bonchev–Trinajstić information content (AvgIpc) is 2.55. The zero-order valence-electron chi connectivity index (χ0n) is 14.6. The van der Waals surface area contributed by atoms with E-state index in [0.29, 0.717) is 18.9 Å². The normalized spacial score (nSPS) is 15.8. The summed E-state index contributed by atoms with van der Waals surface area (Å²) in [7, 11) is 0. The van der Waals surface area contributed by atoms with Gasteiger partial charge in [0.2, 0.25) is 5.91 Å². The molecule has 0 radical (unpaired) electrons. The van der Waals surface area contributed by atoms with Crippen LogP contribution in [0.25, 0.3) is 0 Å². The third kappa shape index (κ3) is 6.67. The molecule has 1 aliphatic rings. The maximum atomic E-state index is 11.6. The molecule has 1 aromatic carbocycles. The number of carbonyl (C=O) groups excluding carboxylic acids is 1. The molecule has 2 rings (SSSR count). The fraction of sp³-hybridized carbons (Fsp3) is 0.556. The molecule has 1 amide bonds. The predicted molar refractivity (Wildman–Crippen MR) is 111 cm³/mol. The second-order valence-electron chi connectivity index (χ2n) is 6.34. The standard InChI is InChI=1S/C18H28N4O.HI/c1-3-4-17(23)21-16-7-5-15(6-8-16)13-20-18(19)22-11-9-14(2)10-12-22;/h5-8,14H,3-4,9-13H2,1-2H3,(H2,19,20)(H,21,23);1H. The Morgan fingerprint density at radius 2 is 1.92 bits per heavy atom. The molecular formula is C18H29IN4O. The van der Waals surface area contributed by atoms with Crippen molar-refractivity contribution < 1.29 is 4.79 Å². The number of likely N-dealkylation sites (tertiary alicyclic amines) is 1. The van der Waals surface area contributed by atoms with Gasteiger partial charge in [0.25, 0.3) is 0 Å². The van der Waals surface area contributed by atoms with E-state index in [0.717, 1.165) is 36.7 Å². The summed E-state index contributed by atoms with van der Waals surface area (Å²) in [5, 5.41) is 2.88. The van der Waals surface area contributed by atoms with Crippen LogP contribution in [0, 0.1) is 5.92 Å². The largest absolute Gasteiger partial charge is 0.370 e. The first-order valence-corrected chi connectivity index (χ1v) is 8.52. The molecular weight excluding hydrogens is 415 g/mol. The summed E-state index contributed by atoms with van der Waals surface area (Å²) in [4.78, 5) is 18.2. The lowest BCUT2D eigenvalue weighted by Gasteiger charge is -2.31. The van der Waals surface area contributed by atoms with Crippen molar-refractivity contribution in [2.75, 3.05) is 18.4 Å². The second kappa shape index (κ2) is 10.5. The Hall–Kier alpha value is -1.31. The zero-order chi connectivity index (χ0) is 16.7. The quantitative estimate of drug-likeness (QED) is 0.414. The van der Waals surface area contributed by atoms with Crippen LogP contribution in [0.4, 0.5) is 5.69 Å². The van der Waals surface area contributed by atoms with Gasteiger partial charge in [-0.1, -0.05) is 26.0 Å². The van der Waals surface area contributed by atoms with Gasteiger partial charge in [-0.25, -0.2) is 4.99 Å². The minimum atomic E-state index is 0. The Morgan fingerprint density at radius 3 is 2.50 bits per heavy atom. The van der Waals surface area contributed by atoms with Gasteiger partial charge in [0, 0.05) is 25.2 Å². The number of rotatable bonds is 5. The Bertz CT molecular complexity index is 536. The minimum Gasteiger partial charge on any atom is -0.370 e. The van der Waals surface area contributed by atoms with Crippen molar-refractivity contribution in [3.05, 3.63) is 29.8 Å². The molecule has 1 aromatic rings. The van der Waals surface area contributed by atoms with Crippen LogP contribution in [0.3, 0.4) is 0 Å². The number of nitrogens with one attached hydrogen (secondary N) is 1. The molecule has 1 saturated heterocycles. The predicted octanol–water partition coefficient (Wildman–Crippen LogP) is 3.59. The number of aliphatic imine (C=N–C) groups is 1. The van der Waals surface area contributed by atoms with Gasteiger partial charge in [-0.15, -0.1) is 24.0 Å². The van der Waals surface area contributed by atoms with Crippen LogP contribution in [0.15, 0.2) is 29.3 Å². The van der Waals surface area contributed by atoms with Crippen molar-refractivity contribution in [1.82, 2.24) is 4.90 Å². The van der Waals surface area contributed by atoms with Gasteiger partial charge in [-0.05, 0) is 42.9 Å². The molecule has 3 N–H and O–H groups in total. The summed E-state index contributed by atoms with van der Waals surface area (Å²) in [5.74, 6) is 1.48. The van der Waals surface area contributed by atoms with Gasteiger partial charge >= 0.3 is 0 Å². The SMILES string of the molecule is CCCC(=O)Nc1ccc(CN=C(N)N2CCC(C)CC2)cc1.I. The van der Waals surface area contributed by atoms with Crippen molar-refractivity contribution in [3.8, 4) is 0 Å². The summed E-state index contributed by atoms with van der Waals surface area (Å²) in [6.07, 6.45) is 3.77. The number of halogens is 1. The number of nitrogens with two attached hydrogens (primary N) is 1. The van der Waals surface area contributed by atoms with E-state index in [1.807, 2.05) is 31.2 Å². The molecule has 1 fully saturated rings. The molecule has 0 bridgehead atoms. The van der Waals surface area contributed by atoms with Crippen molar-refractivity contribution >= 4 is 41.5 Å². The maximum Gasteiger partial charge on any atom is 0.224 e. The van der Waals surface area contributed by atoms with Gasteiger partial charge in [-0.2, -0.15) is 0 Å². The first kappa shape index (κ1) is 20.7. The van der Waals surface area contributed by atoms with E-state index >= 15 is 0 Å². The fourth-order valence-corrected chi connectivity index (χ4v) is 2.65. The van der Waals surface area contributed by atoms with Crippen LogP contribution in [-0.2, 0) is 11.3 Å². The first-order chi connectivity index (χ1) is 11.1. The minimum absolute atomic E-state index is 0. The number of hydrogen-bond donors (Lipinski definition) is 2. The number of piperidine rings is 1. The number of guanidine groups is 1. The van der Waals surface area contributed by atoms with Gasteiger partial charge in [0.1, 0.15) is 0 Å². The fourth-order valence-electron chi connectivity index (χ4n) is 2.65. The molecule has 1 heterocycles. The highest BCUT2D eigenvalue weighted by Gasteiger charge is 2.16. The zero-order valence-corrected chi connectivity index (χ0v) is 17.0. The molecule has 0 aromatic heterocycles. The molecule has 1 aliphatic heterocycles. The molecule has 134 valence electrons. The Labute approximate surface area is 162 Å². The second-order valence-corrected chi connectivity index (χ2v) is 6.34. The van der Waals surface area contributed by atoms with Gasteiger partial charge < -0.3 is 16.0 Å². The highest BCUT2D eigenvalue weighted by Crippen LogP contribution is 2.16. The van der Waals surface area contributed by atoms with Crippen LogP contribution in [-0.4, -0.2) is 29.9 Å². The summed E-state index contributed by atoms with van der Waals surface area (Å²) >= 11 is 0. The molecule has 0 aliphatic carbocycles. The molecule has 0 unspecified atom stereocenters. The highest BCUT2D eigenvalue weighted by atomic mass is 127.